The van der Waals surface area contributed by atoms with Gasteiger partial charge in [0, 0.05) is 12.6 Å². The number of aromatic nitrogens is 2. The molecule has 1 aliphatic rings. The summed E-state index contributed by atoms with van der Waals surface area (Å²) in [5.41, 5.74) is 1.89. The maximum absolute atomic E-state index is 13.9. The van der Waals surface area contributed by atoms with E-state index in [1.165, 1.54) is 28.4 Å². The first-order chi connectivity index (χ1) is 13.8. The number of nitrogens with one attached hydrogen (secondary N) is 1. The molecular formula is C21H22FN3O3S. The van der Waals surface area contributed by atoms with Gasteiger partial charge in [0.2, 0.25) is 10.0 Å². The van der Waals surface area contributed by atoms with Crippen molar-refractivity contribution in [1.29, 1.82) is 0 Å². The van der Waals surface area contributed by atoms with Crippen molar-refractivity contribution in [1.82, 2.24) is 9.36 Å². The van der Waals surface area contributed by atoms with E-state index in [2.05, 4.69) is 4.72 Å². The Labute approximate surface area is 168 Å². The van der Waals surface area contributed by atoms with Crippen LogP contribution in [0.3, 0.4) is 0 Å². The lowest BCUT2D eigenvalue weighted by Gasteiger charge is -2.09. The fourth-order valence-corrected chi connectivity index (χ4v) is 4.72. The largest absolute Gasteiger partial charge is 0.296 e. The fourth-order valence-electron chi connectivity index (χ4n) is 3.46. The Morgan fingerprint density at radius 3 is 2.55 bits per heavy atom. The van der Waals surface area contributed by atoms with Gasteiger partial charge in [-0.05, 0) is 49.4 Å². The van der Waals surface area contributed by atoms with E-state index in [4.69, 9.17) is 0 Å². The summed E-state index contributed by atoms with van der Waals surface area (Å²) in [6, 6.07) is 13.4. The first kappa shape index (κ1) is 19.4. The van der Waals surface area contributed by atoms with Crippen molar-refractivity contribution in [2.24, 2.45) is 7.05 Å². The number of benzene rings is 2. The molecule has 0 bridgehead atoms. The van der Waals surface area contributed by atoms with Crippen molar-refractivity contribution in [2.75, 3.05) is 4.72 Å². The summed E-state index contributed by atoms with van der Waals surface area (Å²) >= 11 is 0. The maximum atomic E-state index is 13.9. The average Bonchev–Trinajstić information content (AvgIpc) is 3.50. The summed E-state index contributed by atoms with van der Waals surface area (Å²) in [7, 11) is -2.27. The van der Waals surface area contributed by atoms with Gasteiger partial charge in [0.05, 0.1) is 17.1 Å². The molecule has 0 amide bonds. The summed E-state index contributed by atoms with van der Waals surface area (Å²) in [4.78, 5) is 13.0. The van der Waals surface area contributed by atoms with Gasteiger partial charge in [0.1, 0.15) is 11.5 Å². The third-order valence-corrected chi connectivity index (χ3v) is 6.48. The van der Waals surface area contributed by atoms with E-state index in [1.807, 2.05) is 24.3 Å². The van der Waals surface area contributed by atoms with Crippen LogP contribution >= 0.6 is 0 Å². The monoisotopic (exact) mass is 415 g/mol. The van der Waals surface area contributed by atoms with E-state index >= 15 is 0 Å². The second-order valence-electron chi connectivity index (χ2n) is 7.42. The van der Waals surface area contributed by atoms with Crippen molar-refractivity contribution in [2.45, 2.75) is 31.4 Å². The van der Waals surface area contributed by atoms with Crippen LogP contribution in [-0.2, 0) is 22.8 Å². The number of nitrogens with zero attached hydrogens (tertiary/aromatic N) is 2. The standard InChI is InChI=1S/C21H22FN3O3S/c1-14-20(23-29(27,28)13-17-6-3-4-9-19(17)22)21(26)25(24(14)2)18-8-5-7-16(12-18)15-10-11-15/h3-9,12,15,23H,10-11,13H2,1-2H3. The Balaban J connectivity index is 1.69. The third-order valence-electron chi connectivity index (χ3n) is 5.28. The van der Waals surface area contributed by atoms with Gasteiger partial charge in [-0.15, -0.1) is 0 Å². The number of halogens is 1. The van der Waals surface area contributed by atoms with Crippen LogP contribution in [0.15, 0.2) is 53.3 Å². The van der Waals surface area contributed by atoms with Crippen molar-refractivity contribution in [3.63, 3.8) is 0 Å². The number of hydrogen-bond acceptors (Lipinski definition) is 3. The number of rotatable bonds is 6. The summed E-state index contributed by atoms with van der Waals surface area (Å²) < 4.78 is 44.5. The molecule has 1 heterocycles. The molecule has 3 aromatic rings. The molecule has 0 aliphatic heterocycles. The number of hydrogen-bond donors (Lipinski definition) is 1. The highest BCUT2D eigenvalue weighted by atomic mass is 32.2. The smallest absolute Gasteiger partial charge is 0.283 e. The Morgan fingerprint density at radius 1 is 1.14 bits per heavy atom. The number of anilines is 1. The average molecular weight is 415 g/mol. The first-order valence-corrected chi connectivity index (χ1v) is 11.0. The molecule has 0 radical (unpaired) electrons. The van der Waals surface area contributed by atoms with E-state index < -0.39 is 27.2 Å². The first-order valence-electron chi connectivity index (χ1n) is 9.39. The highest BCUT2D eigenvalue weighted by molar-refractivity contribution is 7.91. The zero-order valence-corrected chi connectivity index (χ0v) is 17.0. The van der Waals surface area contributed by atoms with Gasteiger partial charge in [-0.1, -0.05) is 30.3 Å². The Hall–Kier alpha value is -2.87. The predicted octanol–water partition coefficient (Wildman–Crippen LogP) is 3.44. The minimum absolute atomic E-state index is 0.0272. The molecule has 0 atom stereocenters. The van der Waals surface area contributed by atoms with Crippen molar-refractivity contribution >= 4 is 15.7 Å². The van der Waals surface area contributed by atoms with Crippen LogP contribution in [-0.4, -0.2) is 17.8 Å². The molecular weight excluding hydrogens is 393 g/mol. The fraction of sp³-hybridized carbons (Fsp3) is 0.286. The highest BCUT2D eigenvalue weighted by Gasteiger charge is 2.25. The van der Waals surface area contributed by atoms with E-state index in [1.54, 1.807) is 24.7 Å². The molecule has 4 rings (SSSR count). The van der Waals surface area contributed by atoms with E-state index in [-0.39, 0.29) is 11.3 Å². The zero-order chi connectivity index (χ0) is 20.8. The van der Waals surface area contributed by atoms with E-state index in [0.717, 1.165) is 12.8 Å². The molecule has 0 unspecified atom stereocenters. The maximum Gasteiger partial charge on any atom is 0.296 e. The van der Waals surface area contributed by atoms with Crippen molar-refractivity contribution < 1.29 is 12.8 Å². The van der Waals surface area contributed by atoms with Gasteiger partial charge in [0.15, 0.2) is 0 Å². The normalized spacial score (nSPS) is 14.2. The number of sulfonamides is 1. The molecule has 8 heteroatoms. The van der Waals surface area contributed by atoms with E-state index in [0.29, 0.717) is 17.3 Å². The second-order valence-corrected chi connectivity index (χ2v) is 9.15. The minimum Gasteiger partial charge on any atom is -0.283 e. The lowest BCUT2D eigenvalue weighted by molar-refractivity contribution is 0.591. The topological polar surface area (TPSA) is 73.1 Å². The van der Waals surface area contributed by atoms with Gasteiger partial charge in [0.25, 0.3) is 5.56 Å². The lowest BCUT2D eigenvalue weighted by Crippen LogP contribution is -2.24. The lowest BCUT2D eigenvalue weighted by atomic mass is 10.1. The molecule has 1 saturated carbocycles. The van der Waals surface area contributed by atoms with Crippen LogP contribution in [0.5, 0.6) is 0 Å². The summed E-state index contributed by atoms with van der Waals surface area (Å²) in [6.45, 7) is 1.67. The quantitative estimate of drug-likeness (QED) is 0.670. The third kappa shape index (κ3) is 3.85. The molecule has 1 aromatic heterocycles. The highest BCUT2D eigenvalue weighted by Crippen LogP contribution is 2.40. The summed E-state index contributed by atoms with van der Waals surface area (Å²) in [5.74, 6) is -0.618. The molecule has 1 aliphatic carbocycles. The molecule has 2 aromatic carbocycles. The molecule has 29 heavy (non-hydrogen) atoms. The van der Waals surface area contributed by atoms with Crippen molar-refractivity contribution in [3.8, 4) is 5.69 Å². The van der Waals surface area contributed by atoms with Gasteiger partial charge >= 0.3 is 0 Å². The van der Waals surface area contributed by atoms with Gasteiger partial charge < -0.3 is 0 Å². The molecule has 0 saturated heterocycles. The van der Waals surface area contributed by atoms with Crippen LogP contribution in [0.1, 0.15) is 35.6 Å². The summed E-state index contributed by atoms with van der Waals surface area (Å²) in [5, 5.41) is 0. The van der Waals surface area contributed by atoms with Crippen LogP contribution in [0, 0.1) is 12.7 Å². The summed E-state index contributed by atoms with van der Waals surface area (Å²) in [6.07, 6.45) is 2.29. The zero-order valence-electron chi connectivity index (χ0n) is 16.2. The molecule has 152 valence electrons. The predicted molar refractivity (Wildman–Crippen MR) is 110 cm³/mol. The molecule has 1 N–H and O–H groups in total. The van der Waals surface area contributed by atoms with Gasteiger partial charge in [-0.25, -0.2) is 17.5 Å². The second kappa shape index (κ2) is 7.18. The van der Waals surface area contributed by atoms with Gasteiger partial charge in [-0.2, -0.15) is 0 Å². The van der Waals surface area contributed by atoms with E-state index in [9.17, 15) is 17.6 Å². The Morgan fingerprint density at radius 2 is 1.86 bits per heavy atom. The Bertz CT molecular complexity index is 1240. The van der Waals surface area contributed by atoms with Crippen LogP contribution in [0.4, 0.5) is 10.1 Å². The van der Waals surface area contributed by atoms with Crippen molar-refractivity contribution in [3.05, 3.63) is 81.5 Å². The van der Waals surface area contributed by atoms with Crippen LogP contribution in [0.25, 0.3) is 5.69 Å². The molecule has 0 spiro atoms. The molecule has 6 nitrogen and oxygen atoms in total. The van der Waals surface area contributed by atoms with Gasteiger partial charge in [-0.3, -0.25) is 14.2 Å². The SMILES string of the molecule is Cc1c(NS(=O)(=O)Cc2ccccc2F)c(=O)n(-c2cccc(C3CC3)c2)n1C. The molecule has 1 fully saturated rings. The van der Waals surface area contributed by atoms with Crippen LogP contribution in [0.2, 0.25) is 0 Å². The minimum atomic E-state index is -3.97. The Kier molecular flexibility index (Phi) is 4.82. The van der Waals surface area contributed by atoms with Crippen LogP contribution < -0.4 is 10.3 Å².